The average Bonchev–Trinajstić information content (AvgIpc) is 2.86. The van der Waals surface area contributed by atoms with Crippen molar-refractivity contribution in [3.8, 4) is 11.5 Å². The molecule has 2 aromatic rings. The number of hydrogen-bond donors (Lipinski definition) is 2. The first-order valence-corrected chi connectivity index (χ1v) is 11.8. The third-order valence-corrected chi connectivity index (χ3v) is 5.56. The lowest BCUT2D eigenvalue weighted by molar-refractivity contribution is -0.320. The lowest BCUT2D eigenvalue weighted by Crippen LogP contribution is -2.52. The lowest BCUT2D eigenvalue weighted by atomic mass is 10.1. The number of amides is 3. The van der Waals surface area contributed by atoms with E-state index in [2.05, 4.69) is 15.4 Å². The average molecular weight is 582 g/mol. The number of carbonyl (C=O) groups excluding carboxylic acids is 3. The summed E-state index contributed by atoms with van der Waals surface area (Å²) in [6, 6.07) is 7.90. The monoisotopic (exact) mass is 581 g/mol. The molecule has 0 aromatic heterocycles. The Morgan fingerprint density at radius 3 is 2.50 bits per heavy atom. The van der Waals surface area contributed by atoms with E-state index in [9.17, 15) is 31.9 Å². The maximum atomic E-state index is 13.4. The smallest absolute Gasteiger partial charge is 0.484 e. The Balaban J connectivity index is 1.45. The molecular formula is C23H21Cl2F4N3O6. The van der Waals surface area contributed by atoms with Crippen LogP contribution in [0.1, 0.15) is 6.42 Å². The summed E-state index contributed by atoms with van der Waals surface area (Å²) in [7, 11) is 0. The van der Waals surface area contributed by atoms with Gasteiger partial charge in [-0.3, -0.25) is 19.1 Å². The van der Waals surface area contributed by atoms with Crippen LogP contribution in [0.3, 0.4) is 0 Å². The molecule has 1 aliphatic rings. The summed E-state index contributed by atoms with van der Waals surface area (Å²) in [5.41, 5.74) is 0.101. The zero-order valence-electron chi connectivity index (χ0n) is 19.4. The van der Waals surface area contributed by atoms with Gasteiger partial charge in [0, 0.05) is 24.2 Å². The van der Waals surface area contributed by atoms with Crippen molar-refractivity contribution in [3.05, 3.63) is 52.3 Å². The van der Waals surface area contributed by atoms with Crippen LogP contribution in [0.2, 0.25) is 10.0 Å². The minimum atomic E-state index is -5.01. The topological polar surface area (TPSA) is 106 Å². The van der Waals surface area contributed by atoms with Crippen LogP contribution in [0.5, 0.6) is 11.5 Å². The molecule has 3 amide bonds. The predicted molar refractivity (Wildman–Crippen MR) is 128 cm³/mol. The van der Waals surface area contributed by atoms with Gasteiger partial charge in [0.15, 0.2) is 12.7 Å². The molecule has 0 saturated carbocycles. The molecule has 2 N–H and O–H groups in total. The Bertz CT molecular complexity index is 1180. The van der Waals surface area contributed by atoms with E-state index in [1.807, 2.05) is 0 Å². The molecule has 0 fully saturated rings. The van der Waals surface area contributed by atoms with Gasteiger partial charge in [-0.05, 0) is 36.8 Å². The highest BCUT2D eigenvalue weighted by molar-refractivity contribution is 6.31. The van der Waals surface area contributed by atoms with Crippen molar-refractivity contribution in [2.24, 2.45) is 0 Å². The van der Waals surface area contributed by atoms with Gasteiger partial charge in [0.1, 0.15) is 23.9 Å². The third kappa shape index (κ3) is 8.64. The van der Waals surface area contributed by atoms with E-state index in [-0.39, 0.29) is 53.5 Å². The van der Waals surface area contributed by atoms with Crippen LogP contribution in [0.4, 0.5) is 23.2 Å². The Morgan fingerprint density at radius 1 is 1.05 bits per heavy atom. The Labute approximate surface area is 223 Å². The van der Waals surface area contributed by atoms with E-state index in [4.69, 9.17) is 32.7 Å². The number of carbonyl (C=O) groups is 3. The highest BCUT2D eigenvalue weighted by Gasteiger charge is 2.36. The molecule has 3 rings (SSSR count). The third-order valence-electron chi connectivity index (χ3n) is 5.02. The van der Waals surface area contributed by atoms with Crippen molar-refractivity contribution < 1.29 is 46.2 Å². The fourth-order valence-electron chi connectivity index (χ4n) is 3.26. The van der Waals surface area contributed by atoms with Gasteiger partial charge >= 0.3 is 6.36 Å². The number of rotatable bonds is 10. The molecule has 1 atom stereocenters. The number of halogens is 6. The highest BCUT2D eigenvalue weighted by Crippen LogP contribution is 2.36. The molecule has 0 radical (unpaired) electrons. The van der Waals surface area contributed by atoms with Gasteiger partial charge in [0.05, 0.1) is 17.3 Å². The molecule has 38 heavy (non-hydrogen) atoms. The number of hydrogen-bond acceptors (Lipinski definition) is 6. The van der Waals surface area contributed by atoms with Crippen LogP contribution in [0.25, 0.3) is 0 Å². The summed E-state index contributed by atoms with van der Waals surface area (Å²) in [4.78, 5) is 37.8. The fourth-order valence-corrected chi connectivity index (χ4v) is 3.54. The molecule has 0 bridgehead atoms. The van der Waals surface area contributed by atoms with Gasteiger partial charge < -0.3 is 25.0 Å². The molecule has 0 spiro atoms. The number of nitrogens with zero attached hydrogens (tertiary/aromatic N) is 1. The summed E-state index contributed by atoms with van der Waals surface area (Å²) in [5.74, 6) is -2.63. The van der Waals surface area contributed by atoms with Crippen LogP contribution in [0, 0.1) is 5.82 Å². The van der Waals surface area contributed by atoms with E-state index >= 15 is 0 Å². The van der Waals surface area contributed by atoms with E-state index in [1.54, 1.807) is 0 Å². The van der Waals surface area contributed by atoms with Gasteiger partial charge in [-0.2, -0.15) is 0 Å². The summed E-state index contributed by atoms with van der Waals surface area (Å²) in [6.45, 7) is -1.75. The molecule has 1 unspecified atom stereocenters. The zero-order valence-corrected chi connectivity index (χ0v) is 21.0. The zero-order chi connectivity index (χ0) is 27.9. The summed E-state index contributed by atoms with van der Waals surface area (Å²) in [5, 5.41) is 5.27. The molecule has 15 heteroatoms. The van der Waals surface area contributed by atoms with Gasteiger partial charge in [0.25, 0.3) is 17.7 Å². The standard InChI is InChI=1S/C23H21Cl2F4N3O6/c24-13-2-5-18-17(8-13)32(21(34)12-37-23(27,28)29)10-19(38-18)22(35)31-7-1-6-30-20(33)11-36-14-3-4-15(25)16(26)9-14/h2-5,8-9,19H,1,6-7,10-12H2,(H,30,33)(H,31,35). The van der Waals surface area contributed by atoms with E-state index in [0.29, 0.717) is 6.42 Å². The first kappa shape index (κ1) is 29.3. The van der Waals surface area contributed by atoms with Crippen LogP contribution >= 0.6 is 23.2 Å². The second-order valence-electron chi connectivity index (χ2n) is 7.82. The number of anilines is 1. The first-order chi connectivity index (χ1) is 17.9. The molecule has 0 saturated heterocycles. The molecule has 206 valence electrons. The normalized spacial score (nSPS) is 14.8. The van der Waals surface area contributed by atoms with Crippen molar-refractivity contribution in [2.75, 3.05) is 37.7 Å². The van der Waals surface area contributed by atoms with E-state index < -0.39 is 42.6 Å². The van der Waals surface area contributed by atoms with Crippen LogP contribution in [-0.4, -0.2) is 63.0 Å². The van der Waals surface area contributed by atoms with Gasteiger partial charge in [-0.25, -0.2) is 4.39 Å². The number of alkyl halides is 3. The van der Waals surface area contributed by atoms with E-state index in [1.165, 1.54) is 30.3 Å². The second kappa shape index (κ2) is 13.0. The second-order valence-corrected chi connectivity index (χ2v) is 8.66. The number of benzene rings is 2. The van der Waals surface area contributed by atoms with Crippen molar-refractivity contribution >= 4 is 46.6 Å². The highest BCUT2D eigenvalue weighted by atomic mass is 35.5. The molecular weight excluding hydrogens is 561 g/mol. The van der Waals surface area contributed by atoms with Gasteiger partial charge in [-0.15, -0.1) is 13.2 Å². The Hall–Kier alpha value is -3.29. The SMILES string of the molecule is O=C(COc1ccc(Cl)c(F)c1)NCCCNC(=O)C1CN(C(=O)COC(F)(F)F)c2cc(Cl)ccc2O1. The van der Waals surface area contributed by atoms with Crippen LogP contribution < -0.4 is 25.0 Å². The lowest BCUT2D eigenvalue weighted by Gasteiger charge is -2.34. The summed E-state index contributed by atoms with van der Waals surface area (Å²) >= 11 is 11.5. The minimum Gasteiger partial charge on any atom is -0.484 e. The fraction of sp³-hybridized carbons (Fsp3) is 0.348. The van der Waals surface area contributed by atoms with E-state index in [0.717, 1.165) is 11.0 Å². The summed E-state index contributed by atoms with van der Waals surface area (Å²) in [6.07, 6.45) is -5.92. The Morgan fingerprint density at radius 2 is 1.79 bits per heavy atom. The maximum absolute atomic E-state index is 13.4. The predicted octanol–water partition coefficient (Wildman–Crippen LogP) is 3.46. The molecule has 1 aliphatic heterocycles. The van der Waals surface area contributed by atoms with Crippen molar-refractivity contribution in [1.82, 2.24) is 10.6 Å². The number of fused-ring (bicyclic) bond motifs is 1. The number of nitrogens with one attached hydrogen (secondary N) is 2. The molecule has 0 aliphatic carbocycles. The first-order valence-electron chi connectivity index (χ1n) is 11.0. The van der Waals surface area contributed by atoms with Crippen LogP contribution in [-0.2, 0) is 19.1 Å². The van der Waals surface area contributed by atoms with Gasteiger partial charge in [-0.1, -0.05) is 23.2 Å². The minimum absolute atomic E-state index is 0.0778. The summed E-state index contributed by atoms with van der Waals surface area (Å²) < 4.78 is 65.0. The van der Waals surface area contributed by atoms with Crippen molar-refractivity contribution in [1.29, 1.82) is 0 Å². The molecule has 1 heterocycles. The van der Waals surface area contributed by atoms with Crippen molar-refractivity contribution in [3.63, 3.8) is 0 Å². The van der Waals surface area contributed by atoms with Crippen LogP contribution in [0.15, 0.2) is 36.4 Å². The maximum Gasteiger partial charge on any atom is 0.523 e. The number of ether oxygens (including phenoxy) is 3. The molecule has 2 aromatic carbocycles. The largest absolute Gasteiger partial charge is 0.523 e. The quantitative estimate of drug-likeness (QED) is 0.329. The van der Waals surface area contributed by atoms with Gasteiger partial charge in [0.2, 0.25) is 0 Å². The molecule has 9 nitrogen and oxygen atoms in total. The van der Waals surface area contributed by atoms with Crippen molar-refractivity contribution in [2.45, 2.75) is 18.9 Å². The Kier molecular flexibility index (Phi) is 10.00.